The van der Waals surface area contributed by atoms with Crippen LogP contribution in [0, 0.1) is 0 Å². The van der Waals surface area contributed by atoms with Crippen LogP contribution >= 0.6 is 0 Å². The van der Waals surface area contributed by atoms with Gasteiger partial charge in [-0.1, -0.05) is 0 Å². The molecular weight excluding hydrogens is 132 g/mol. The van der Waals surface area contributed by atoms with Gasteiger partial charge >= 0.3 is 5.97 Å². The maximum absolute atomic E-state index is 10.2. The second-order valence-corrected chi connectivity index (χ2v) is 2.39. The van der Waals surface area contributed by atoms with Gasteiger partial charge in [0.2, 0.25) is 0 Å². The number of nitrogens with one attached hydrogen (secondary N) is 1. The minimum Gasteiger partial charge on any atom is -0.481 e. The molecule has 1 fully saturated rings. The Bertz CT molecular complexity index is 121. The number of hydrogen-bond donors (Lipinski definition) is 2. The van der Waals surface area contributed by atoms with Crippen LogP contribution < -0.4 is 10.6 Å². The quantitative estimate of drug-likeness (QED) is 0.541. The van der Waals surface area contributed by atoms with Crippen LogP contribution in [0.15, 0.2) is 0 Å². The van der Waals surface area contributed by atoms with Crippen LogP contribution in [0.4, 0.5) is 0 Å². The number of carbonyl (C=O) groups is 1. The molecule has 0 bridgehead atoms. The van der Waals surface area contributed by atoms with Crippen molar-refractivity contribution in [2.75, 3.05) is 13.2 Å². The number of rotatable bonds is 2. The Kier molecular flexibility index (Phi) is 2.65. The molecule has 57 valence electrons. The topological polar surface area (TPSA) is 63.4 Å². The Labute approximate surface area is 59.6 Å². The van der Waals surface area contributed by atoms with Crippen LogP contribution in [0.5, 0.6) is 0 Å². The van der Waals surface area contributed by atoms with Crippen molar-refractivity contribution in [2.45, 2.75) is 18.9 Å². The van der Waals surface area contributed by atoms with Gasteiger partial charge < -0.3 is 5.11 Å². The van der Waals surface area contributed by atoms with Crippen molar-refractivity contribution in [2.24, 2.45) is 0 Å². The second kappa shape index (κ2) is 3.53. The van der Waals surface area contributed by atoms with Gasteiger partial charge in [-0.05, 0) is 6.42 Å². The van der Waals surface area contributed by atoms with Crippen LogP contribution in [0.1, 0.15) is 12.8 Å². The van der Waals surface area contributed by atoms with Gasteiger partial charge in [-0.3, -0.25) is 10.1 Å². The van der Waals surface area contributed by atoms with Crippen molar-refractivity contribution in [3.8, 4) is 0 Å². The van der Waals surface area contributed by atoms with E-state index in [4.69, 9.17) is 5.11 Å². The number of carboxylic acids is 1. The van der Waals surface area contributed by atoms with Gasteiger partial charge in [-0.15, -0.1) is 0 Å². The lowest BCUT2D eigenvalue weighted by Crippen LogP contribution is -2.42. The second-order valence-electron chi connectivity index (χ2n) is 2.39. The van der Waals surface area contributed by atoms with E-state index in [9.17, 15) is 4.79 Å². The first kappa shape index (κ1) is 7.50. The zero-order valence-electron chi connectivity index (χ0n) is 5.71. The van der Waals surface area contributed by atoms with E-state index in [1.54, 1.807) is 0 Å². The fourth-order valence-corrected chi connectivity index (χ4v) is 1.01. The number of nitrogens with zero attached hydrogens (tertiary/aromatic N) is 1. The molecule has 0 saturated carbocycles. The van der Waals surface area contributed by atoms with Gasteiger partial charge in [0, 0.05) is 12.6 Å². The van der Waals surface area contributed by atoms with Crippen molar-refractivity contribution in [3.05, 3.63) is 0 Å². The number of aliphatic carboxylic acids is 1. The van der Waals surface area contributed by atoms with Crippen LogP contribution in [0.25, 0.3) is 0 Å². The van der Waals surface area contributed by atoms with Gasteiger partial charge in [-0.25, -0.2) is 5.32 Å². The molecule has 4 heteroatoms. The maximum Gasteiger partial charge on any atom is 0.304 e. The largest absolute Gasteiger partial charge is 0.481 e. The number of hydrogen-bond acceptors (Lipinski definition) is 2. The molecule has 1 radical (unpaired) electrons. The van der Waals surface area contributed by atoms with Crippen molar-refractivity contribution >= 4 is 5.97 Å². The Morgan fingerprint density at radius 3 is 3.10 bits per heavy atom. The summed E-state index contributed by atoms with van der Waals surface area (Å²) in [7, 11) is 0. The molecule has 1 heterocycles. The molecule has 0 aliphatic carbocycles. The average molecular weight is 143 g/mol. The summed E-state index contributed by atoms with van der Waals surface area (Å²) in [5.41, 5.74) is 0. The summed E-state index contributed by atoms with van der Waals surface area (Å²) in [4.78, 5) is 10.2. The van der Waals surface area contributed by atoms with Crippen molar-refractivity contribution < 1.29 is 9.90 Å². The average Bonchev–Trinajstić information content (AvgIpc) is 1.88. The summed E-state index contributed by atoms with van der Waals surface area (Å²) in [5, 5.41) is 15.4. The summed E-state index contributed by atoms with van der Waals surface area (Å²) in [6.45, 7) is 1.41. The highest BCUT2D eigenvalue weighted by molar-refractivity contribution is 5.67. The van der Waals surface area contributed by atoms with Gasteiger partial charge in [0.15, 0.2) is 0 Å². The summed E-state index contributed by atoms with van der Waals surface area (Å²) in [6, 6.07) is 0.134. The van der Waals surface area contributed by atoms with E-state index in [0.29, 0.717) is 6.67 Å². The van der Waals surface area contributed by atoms with Crippen LogP contribution in [0.3, 0.4) is 0 Å². The predicted molar refractivity (Wildman–Crippen MR) is 35.7 cm³/mol. The first-order valence-corrected chi connectivity index (χ1v) is 3.37. The van der Waals surface area contributed by atoms with Crippen LogP contribution in [-0.4, -0.2) is 30.3 Å². The summed E-state index contributed by atoms with van der Waals surface area (Å²) >= 11 is 0. The molecule has 1 rings (SSSR count). The maximum atomic E-state index is 10.2. The standard InChI is InChI=1S/C6H11N2O2/c9-6(10)3-5-1-2-7-4-8-5/h5,8H,1-4H2,(H,9,10). The normalized spacial score (nSPS) is 26.2. The van der Waals surface area contributed by atoms with Gasteiger partial charge in [0.1, 0.15) is 0 Å². The molecule has 0 aromatic carbocycles. The lowest BCUT2D eigenvalue weighted by atomic mass is 10.1. The van der Waals surface area contributed by atoms with E-state index < -0.39 is 5.97 Å². The van der Waals surface area contributed by atoms with Crippen LogP contribution in [-0.2, 0) is 4.79 Å². The SMILES string of the molecule is O=C(O)CC1CC[N]CN1. The molecular formula is C6H11N2O2. The molecule has 1 unspecified atom stereocenters. The molecule has 0 amide bonds. The molecule has 1 aliphatic heterocycles. The smallest absolute Gasteiger partial charge is 0.304 e. The zero-order valence-corrected chi connectivity index (χ0v) is 5.71. The fraction of sp³-hybridized carbons (Fsp3) is 0.833. The Morgan fingerprint density at radius 1 is 1.80 bits per heavy atom. The Morgan fingerprint density at radius 2 is 2.60 bits per heavy atom. The lowest BCUT2D eigenvalue weighted by Gasteiger charge is -2.21. The predicted octanol–water partition coefficient (Wildman–Crippen LogP) is -0.615. The molecule has 2 N–H and O–H groups in total. The Balaban J connectivity index is 2.19. The summed E-state index contributed by atoms with van der Waals surface area (Å²) < 4.78 is 0. The van der Waals surface area contributed by atoms with E-state index in [1.807, 2.05) is 0 Å². The molecule has 4 nitrogen and oxygen atoms in total. The van der Waals surface area contributed by atoms with E-state index in [2.05, 4.69) is 10.6 Å². The van der Waals surface area contributed by atoms with Gasteiger partial charge in [-0.2, -0.15) is 0 Å². The molecule has 1 aliphatic rings. The van der Waals surface area contributed by atoms with Gasteiger partial charge in [0.25, 0.3) is 0 Å². The molecule has 1 saturated heterocycles. The molecule has 0 spiro atoms. The first-order valence-electron chi connectivity index (χ1n) is 3.37. The lowest BCUT2D eigenvalue weighted by molar-refractivity contribution is -0.137. The van der Waals surface area contributed by atoms with E-state index in [-0.39, 0.29) is 12.5 Å². The monoisotopic (exact) mass is 143 g/mol. The zero-order chi connectivity index (χ0) is 7.40. The molecule has 0 aromatic heterocycles. The van der Waals surface area contributed by atoms with E-state index >= 15 is 0 Å². The summed E-state index contributed by atoms with van der Waals surface area (Å²) in [5.74, 6) is -0.737. The third-order valence-electron chi connectivity index (χ3n) is 1.55. The van der Waals surface area contributed by atoms with Crippen molar-refractivity contribution in [1.29, 1.82) is 0 Å². The van der Waals surface area contributed by atoms with Crippen LogP contribution in [0.2, 0.25) is 0 Å². The highest BCUT2D eigenvalue weighted by Crippen LogP contribution is 2.00. The third-order valence-corrected chi connectivity index (χ3v) is 1.55. The van der Waals surface area contributed by atoms with E-state index in [1.165, 1.54) is 0 Å². The first-order chi connectivity index (χ1) is 4.79. The van der Waals surface area contributed by atoms with E-state index in [0.717, 1.165) is 13.0 Å². The minimum atomic E-state index is -0.737. The molecule has 1 atom stereocenters. The fourth-order valence-electron chi connectivity index (χ4n) is 1.01. The highest BCUT2D eigenvalue weighted by atomic mass is 16.4. The van der Waals surface area contributed by atoms with Crippen molar-refractivity contribution in [3.63, 3.8) is 0 Å². The molecule has 0 aromatic rings. The minimum absolute atomic E-state index is 0.134. The third kappa shape index (κ3) is 2.33. The Hall–Kier alpha value is -0.610. The van der Waals surface area contributed by atoms with Gasteiger partial charge in [0.05, 0.1) is 13.1 Å². The van der Waals surface area contributed by atoms with Crippen molar-refractivity contribution in [1.82, 2.24) is 10.6 Å². The number of carboxylic acid groups (broad SMARTS) is 1. The summed E-state index contributed by atoms with van der Waals surface area (Å²) in [6.07, 6.45) is 1.07. The molecule has 10 heavy (non-hydrogen) atoms. The highest BCUT2D eigenvalue weighted by Gasteiger charge is 2.15.